The second-order valence-electron chi connectivity index (χ2n) is 4.98. The first kappa shape index (κ1) is 15.2. The molecule has 0 saturated carbocycles. The molecule has 3 nitrogen and oxygen atoms in total. The molecule has 0 saturated heterocycles. The maximum Gasteiger partial charge on any atom is 0.124 e. The lowest BCUT2D eigenvalue weighted by atomic mass is 10.1. The molecule has 21 heavy (non-hydrogen) atoms. The average molecular weight is 289 g/mol. The first-order chi connectivity index (χ1) is 10.1. The Hall–Kier alpha value is -2.23. The van der Waals surface area contributed by atoms with Gasteiger partial charge in [0.25, 0.3) is 0 Å². The monoisotopic (exact) mass is 289 g/mol. The highest BCUT2D eigenvalue weighted by Gasteiger charge is 2.07. The Morgan fingerprint density at radius 1 is 1.05 bits per heavy atom. The lowest BCUT2D eigenvalue weighted by Crippen LogP contribution is -2.18. The molecule has 112 valence electrons. The van der Waals surface area contributed by atoms with E-state index in [1.165, 1.54) is 6.07 Å². The van der Waals surface area contributed by atoms with E-state index in [0.29, 0.717) is 0 Å². The van der Waals surface area contributed by atoms with Gasteiger partial charge >= 0.3 is 0 Å². The number of halogens is 1. The van der Waals surface area contributed by atoms with Gasteiger partial charge in [-0.05, 0) is 31.0 Å². The van der Waals surface area contributed by atoms with E-state index in [9.17, 15) is 4.39 Å². The Morgan fingerprint density at radius 3 is 2.29 bits per heavy atom. The molecule has 1 unspecified atom stereocenters. The van der Waals surface area contributed by atoms with Crippen LogP contribution in [0.15, 0.2) is 42.5 Å². The van der Waals surface area contributed by atoms with E-state index in [4.69, 9.17) is 9.47 Å². The van der Waals surface area contributed by atoms with Crippen molar-refractivity contribution in [1.82, 2.24) is 0 Å². The van der Waals surface area contributed by atoms with Crippen LogP contribution in [0.2, 0.25) is 0 Å². The molecule has 0 fully saturated rings. The van der Waals surface area contributed by atoms with E-state index >= 15 is 0 Å². The van der Waals surface area contributed by atoms with Crippen LogP contribution in [0.3, 0.4) is 0 Å². The standard InChI is InChI=1S/C17H20FNO2/c1-12(7-13-5-4-6-14(18)8-13)19-15-9-16(20-2)11-17(10-15)21-3/h4-6,8-12,19H,7H2,1-3H3. The third-order valence-corrected chi connectivity index (χ3v) is 3.20. The average Bonchev–Trinajstić information content (AvgIpc) is 2.46. The third kappa shape index (κ3) is 4.38. The maximum absolute atomic E-state index is 13.2. The molecule has 2 aromatic carbocycles. The largest absolute Gasteiger partial charge is 0.497 e. The quantitative estimate of drug-likeness (QED) is 0.875. The number of benzene rings is 2. The molecule has 2 aromatic rings. The van der Waals surface area contributed by atoms with Crippen molar-refractivity contribution >= 4 is 5.69 Å². The first-order valence-electron chi connectivity index (χ1n) is 6.84. The van der Waals surface area contributed by atoms with Gasteiger partial charge in [-0.2, -0.15) is 0 Å². The van der Waals surface area contributed by atoms with Crippen LogP contribution >= 0.6 is 0 Å². The highest BCUT2D eigenvalue weighted by atomic mass is 19.1. The van der Waals surface area contributed by atoms with E-state index in [1.54, 1.807) is 26.4 Å². The number of rotatable bonds is 6. The zero-order chi connectivity index (χ0) is 15.2. The van der Waals surface area contributed by atoms with E-state index in [2.05, 4.69) is 12.2 Å². The van der Waals surface area contributed by atoms with E-state index in [1.807, 2.05) is 24.3 Å². The topological polar surface area (TPSA) is 30.5 Å². The zero-order valence-electron chi connectivity index (χ0n) is 12.5. The molecule has 0 aliphatic rings. The summed E-state index contributed by atoms with van der Waals surface area (Å²) in [4.78, 5) is 0. The van der Waals surface area contributed by atoms with Crippen molar-refractivity contribution in [2.24, 2.45) is 0 Å². The summed E-state index contributed by atoms with van der Waals surface area (Å²) in [5.41, 5.74) is 1.87. The summed E-state index contributed by atoms with van der Waals surface area (Å²) in [6, 6.07) is 12.5. The predicted molar refractivity (Wildman–Crippen MR) is 82.7 cm³/mol. The van der Waals surface area contributed by atoms with Gasteiger partial charge in [0.15, 0.2) is 0 Å². The Morgan fingerprint density at radius 2 is 1.71 bits per heavy atom. The van der Waals surface area contributed by atoms with Crippen LogP contribution in [0.4, 0.5) is 10.1 Å². The van der Waals surface area contributed by atoms with E-state index < -0.39 is 0 Å². The Kier molecular flexibility index (Phi) is 5.04. The van der Waals surface area contributed by atoms with Crippen LogP contribution in [-0.2, 0) is 6.42 Å². The molecule has 0 bridgehead atoms. The molecule has 0 radical (unpaired) electrons. The van der Waals surface area contributed by atoms with Crippen molar-refractivity contribution < 1.29 is 13.9 Å². The summed E-state index contributed by atoms with van der Waals surface area (Å²) in [7, 11) is 3.24. The van der Waals surface area contributed by atoms with Gasteiger partial charge in [-0.1, -0.05) is 12.1 Å². The summed E-state index contributed by atoms with van der Waals surface area (Å²) in [5, 5.41) is 3.38. The van der Waals surface area contributed by atoms with Gasteiger partial charge in [0.1, 0.15) is 17.3 Å². The maximum atomic E-state index is 13.2. The Balaban J connectivity index is 2.06. The molecule has 0 spiro atoms. The van der Waals surface area contributed by atoms with Crippen LogP contribution in [0.1, 0.15) is 12.5 Å². The lowest BCUT2D eigenvalue weighted by molar-refractivity contribution is 0.394. The Labute approximate surface area is 124 Å². The second-order valence-corrected chi connectivity index (χ2v) is 4.98. The summed E-state index contributed by atoms with van der Waals surface area (Å²) in [5.74, 6) is 1.26. The molecule has 1 atom stereocenters. The third-order valence-electron chi connectivity index (χ3n) is 3.20. The molecule has 1 N–H and O–H groups in total. The van der Waals surface area contributed by atoms with Crippen molar-refractivity contribution in [3.63, 3.8) is 0 Å². The molecule has 0 aliphatic heterocycles. The van der Waals surface area contributed by atoms with Crippen molar-refractivity contribution in [2.75, 3.05) is 19.5 Å². The minimum absolute atomic E-state index is 0.156. The van der Waals surface area contributed by atoms with Gasteiger partial charge in [-0.3, -0.25) is 0 Å². The fraction of sp³-hybridized carbons (Fsp3) is 0.294. The highest BCUT2D eigenvalue weighted by Crippen LogP contribution is 2.26. The van der Waals surface area contributed by atoms with Gasteiger partial charge in [0.2, 0.25) is 0 Å². The summed E-state index contributed by atoms with van der Waals surface area (Å²) in [6.07, 6.45) is 0.733. The fourth-order valence-electron chi connectivity index (χ4n) is 2.24. The normalized spacial score (nSPS) is 11.8. The van der Waals surface area contributed by atoms with E-state index in [-0.39, 0.29) is 11.9 Å². The van der Waals surface area contributed by atoms with Gasteiger partial charge < -0.3 is 14.8 Å². The molecular weight excluding hydrogens is 269 g/mol. The number of hydrogen-bond acceptors (Lipinski definition) is 3. The van der Waals surface area contributed by atoms with Gasteiger partial charge in [0, 0.05) is 29.9 Å². The molecule has 2 rings (SSSR count). The number of methoxy groups -OCH3 is 2. The molecule has 0 amide bonds. The van der Waals surface area contributed by atoms with Crippen LogP contribution < -0.4 is 14.8 Å². The van der Waals surface area contributed by atoms with Crippen molar-refractivity contribution in [3.05, 3.63) is 53.8 Å². The zero-order valence-corrected chi connectivity index (χ0v) is 12.5. The number of anilines is 1. The minimum atomic E-state index is -0.206. The minimum Gasteiger partial charge on any atom is -0.497 e. The highest BCUT2D eigenvalue weighted by molar-refractivity contribution is 5.54. The smallest absolute Gasteiger partial charge is 0.124 e. The van der Waals surface area contributed by atoms with Crippen LogP contribution in [0.5, 0.6) is 11.5 Å². The van der Waals surface area contributed by atoms with Gasteiger partial charge in [-0.25, -0.2) is 4.39 Å². The molecule has 0 aliphatic carbocycles. The fourth-order valence-corrected chi connectivity index (χ4v) is 2.24. The lowest BCUT2D eigenvalue weighted by Gasteiger charge is -2.17. The molecule has 4 heteroatoms. The number of ether oxygens (including phenoxy) is 2. The van der Waals surface area contributed by atoms with Crippen LogP contribution in [0, 0.1) is 5.82 Å². The Bertz CT molecular complexity index is 579. The molecular formula is C17H20FNO2. The van der Waals surface area contributed by atoms with Crippen molar-refractivity contribution in [1.29, 1.82) is 0 Å². The summed E-state index contributed by atoms with van der Waals surface area (Å²) >= 11 is 0. The first-order valence-corrected chi connectivity index (χ1v) is 6.84. The second kappa shape index (κ2) is 6.97. The van der Waals surface area contributed by atoms with Crippen LogP contribution in [0.25, 0.3) is 0 Å². The molecule has 0 aromatic heterocycles. The summed E-state index contributed by atoms with van der Waals surface area (Å²) < 4.78 is 23.7. The van der Waals surface area contributed by atoms with Crippen molar-refractivity contribution in [2.45, 2.75) is 19.4 Å². The van der Waals surface area contributed by atoms with E-state index in [0.717, 1.165) is 29.2 Å². The van der Waals surface area contributed by atoms with Gasteiger partial charge in [-0.15, -0.1) is 0 Å². The summed E-state index contributed by atoms with van der Waals surface area (Å²) in [6.45, 7) is 2.05. The van der Waals surface area contributed by atoms with Crippen LogP contribution in [-0.4, -0.2) is 20.3 Å². The van der Waals surface area contributed by atoms with Gasteiger partial charge in [0.05, 0.1) is 14.2 Å². The molecule has 0 heterocycles. The predicted octanol–water partition coefficient (Wildman–Crippen LogP) is 3.89. The SMILES string of the molecule is COc1cc(NC(C)Cc2cccc(F)c2)cc(OC)c1. The van der Waals surface area contributed by atoms with Crippen molar-refractivity contribution in [3.8, 4) is 11.5 Å². The number of hydrogen-bond donors (Lipinski definition) is 1. The number of nitrogens with one attached hydrogen (secondary N) is 1.